The summed E-state index contributed by atoms with van der Waals surface area (Å²) in [6.45, 7) is 2.21. The Hall–Kier alpha value is -3.15. The van der Waals surface area contributed by atoms with E-state index in [9.17, 15) is 14.4 Å². The zero-order chi connectivity index (χ0) is 18.7. The van der Waals surface area contributed by atoms with Gasteiger partial charge in [-0.3, -0.25) is 14.4 Å². The first kappa shape index (κ1) is 17.7. The molecule has 0 unspecified atom stereocenters. The molecule has 3 rings (SSSR count). The number of nitrogens with one attached hydrogen (secondary N) is 1. The predicted molar refractivity (Wildman–Crippen MR) is 98.8 cm³/mol. The van der Waals surface area contributed by atoms with Crippen LogP contribution in [0.1, 0.15) is 21.5 Å². The van der Waals surface area contributed by atoms with Gasteiger partial charge in [0, 0.05) is 13.6 Å². The second-order valence-electron chi connectivity index (χ2n) is 6.42. The molecule has 0 atom stereocenters. The normalized spacial score (nSPS) is 14.1. The molecule has 1 aliphatic heterocycles. The number of amides is 3. The van der Waals surface area contributed by atoms with Crippen LogP contribution in [0.5, 0.6) is 0 Å². The van der Waals surface area contributed by atoms with Crippen LogP contribution < -0.4 is 10.2 Å². The average molecular weight is 351 g/mol. The highest BCUT2D eigenvalue weighted by molar-refractivity contribution is 6.11. The topological polar surface area (TPSA) is 69.7 Å². The van der Waals surface area contributed by atoms with Crippen molar-refractivity contribution >= 4 is 23.4 Å². The number of nitrogens with zero attached hydrogens (tertiary/aromatic N) is 2. The second-order valence-corrected chi connectivity index (χ2v) is 6.42. The van der Waals surface area contributed by atoms with Gasteiger partial charge in [0.25, 0.3) is 5.91 Å². The Morgan fingerprint density at radius 1 is 1.08 bits per heavy atom. The van der Waals surface area contributed by atoms with Crippen LogP contribution in [0.4, 0.5) is 5.69 Å². The Balaban J connectivity index is 1.74. The molecular formula is C20H21N3O3. The van der Waals surface area contributed by atoms with Crippen LogP contribution in [-0.4, -0.2) is 42.8 Å². The molecule has 0 radical (unpaired) electrons. The molecule has 2 aromatic rings. The highest BCUT2D eigenvalue weighted by Crippen LogP contribution is 2.24. The summed E-state index contributed by atoms with van der Waals surface area (Å²) in [7, 11) is 1.58. The van der Waals surface area contributed by atoms with E-state index in [2.05, 4.69) is 5.32 Å². The number of rotatable bonds is 4. The van der Waals surface area contributed by atoms with Crippen molar-refractivity contribution in [2.75, 3.05) is 25.0 Å². The Bertz CT molecular complexity index is 846. The molecule has 6 nitrogen and oxygen atoms in total. The lowest BCUT2D eigenvalue weighted by atomic mass is 10.1. The minimum Gasteiger partial charge on any atom is -0.350 e. The van der Waals surface area contributed by atoms with E-state index < -0.39 is 0 Å². The zero-order valence-electron chi connectivity index (χ0n) is 14.9. The lowest BCUT2D eigenvalue weighted by Crippen LogP contribution is -2.43. The number of anilines is 1. The summed E-state index contributed by atoms with van der Waals surface area (Å²) in [6, 6.07) is 14.7. The number of likely N-dealkylation sites (N-methyl/N-ethyl adjacent to an activating group) is 1. The van der Waals surface area contributed by atoms with Crippen LogP contribution in [0, 0.1) is 6.92 Å². The van der Waals surface area contributed by atoms with Crippen LogP contribution >= 0.6 is 0 Å². The fourth-order valence-corrected chi connectivity index (χ4v) is 2.87. The summed E-state index contributed by atoms with van der Waals surface area (Å²) in [5.74, 6) is -0.779. The van der Waals surface area contributed by atoms with E-state index in [-0.39, 0.29) is 30.8 Å². The Morgan fingerprint density at radius 3 is 2.50 bits per heavy atom. The predicted octanol–water partition coefficient (Wildman–Crippen LogP) is 1.73. The molecule has 26 heavy (non-hydrogen) atoms. The van der Waals surface area contributed by atoms with E-state index in [1.807, 2.05) is 31.2 Å². The van der Waals surface area contributed by atoms with E-state index >= 15 is 0 Å². The highest BCUT2D eigenvalue weighted by atomic mass is 16.2. The molecule has 2 aromatic carbocycles. The van der Waals surface area contributed by atoms with Crippen molar-refractivity contribution in [2.45, 2.75) is 13.5 Å². The number of fused-ring (bicyclic) bond motifs is 1. The number of aryl methyl sites for hydroxylation is 1. The minimum absolute atomic E-state index is 0.0568. The van der Waals surface area contributed by atoms with Crippen molar-refractivity contribution in [3.8, 4) is 0 Å². The molecule has 0 saturated heterocycles. The zero-order valence-corrected chi connectivity index (χ0v) is 14.9. The smallest absolute Gasteiger partial charge is 0.256 e. The lowest BCUT2D eigenvalue weighted by Gasteiger charge is -2.21. The third kappa shape index (κ3) is 3.74. The van der Waals surface area contributed by atoms with Gasteiger partial charge in [-0.15, -0.1) is 0 Å². The fraction of sp³-hybridized carbons (Fsp3) is 0.250. The van der Waals surface area contributed by atoms with E-state index in [0.29, 0.717) is 17.8 Å². The van der Waals surface area contributed by atoms with Crippen LogP contribution in [0.2, 0.25) is 0 Å². The van der Waals surface area contributed by atoms with Gasteiger partial charge in [-0.25, -0.2) is 0 Å². The largest absolute Gasteiger partial charge is 0.350 e. The number of carbonyl (C=O) groups is 3. The van der Waals surface area contributed by atoms with Crippen molar-refractivity contribution in [3.05, 3.63) is 65.2 Å². The molecule has 0 aromatic heterocycles. The Kier molecular flexibility index (Phi) is 5.02. The number of carbonyl (C=O) groups excluding carboxylic acids is 3. The van der Waals surface area contributed by atoms with Crippen molar-refractivity contribution in [1.29, 1.82) is 0 Å². The lowest BCUT2D eigenvalue weighted by molar-refractivity contribution is -0.124. The molecule has 0 spiro atoms. The highest BCUT2D eigenvalue weighted by Gasteiger charge is 2.30. The van der Waals surface area contributed by atoms with Gasteiger partial charge in [-0.1, -0.05) is 42.0 Å². The van der Waals surface area contributed by atoms with Gasteiger partial charge in [0.05, 0.1) is 11.3 Å². The number of hydrogen-bond acceptors (Lipinski definition) is 3. The van der Waals surface area contributed by atoms with Gasteiger partial charge in [-0.2, -0.15) is 0 Å². The quantitative estimate of drug-likeness (QED) is 0.912. The Morgan fingerprint density at radius 2 is 1.77 bits per heavy atom. The third-order valence-corrected chi connectivity index (χ3v) is 4.36. The van der Waals surface area contributed by atoms with Gasteiger partial charge in [-0.05, 0) is 24.6 Å². The second kappa shape index (κ2) is 7.39. The molecule has 0 bridgehead atoms. The van der Waals surface area contributed by atoms with Gasteiger partial charge in [0.2, 0.25) is 11.8 Å². The third-order valence-electron chi connectivity index (χ3n) is 4.36. The maximum absolute atomic E-state index is 12.5. The standard InChI is InChI=1S/C20H21N3O3/c1-14-7-9-15(10-8-14)11-21-18(24)12-23-17-6-4-3-5-16(17)20(26)22(2)13-19(23)25/h3-10H,11-13H2,1-2H3,(H,21,24). The number of benzene rings is 2. The maximum atomic E-state index is 12.5. The first-order valence-corrected chi connectivity index (χ1v) is 8.43. The molecule has 0 fully saturated rings. The first-order chi connectivity index (χ1) is 12.5. The van der Waals surface area contributed by atoms with Crippen molar-refractivity contribution in [3.63, 3.8) is 0 Å². The average Bonchev–Trinajstić information content (AvgIpc) is 2.72. The SMILES string of the molecule is Cc1ccc(CNC(=O)CN2C(=O)CN(C)C(=O)c3ccccc32)cc1. The van der Waals surface area contributed by atoms with E-state index in [0.717, 1.165) is 11.1 Å². The van der Waals surface area contributed by atoms with Crippen LogP contribution in [0.3, 0.4) is 0 Å². The van der Waals surface area contributed by atoms with Gasteiger partial charge in [0.1, 0.15) is 13.1 Å². The van der Waals surface area contributed by atoms with Crippen LogP contribution in [-0.2, 0) is 16.1 Å². The molecule has 1 N–H and O–H groups in total. The summed E-state index contributed by atoms with van der Waals surface area (Å²) in [5.41, 5.74) is 3.03. The van der Waals surface area contributed by atoms with Crippen LogP contribution in [0.25, 0.3) is 0 Å². The number of hydrogen-bond donors (Lipinski definition) is 1. The van der Waals surface area contributed by atoms with Crippen molar-refractivity contribution in [2.24, 2.45) is 0 Å². The van der Waals surface area contributed by atoms with Gasteiger partial charge in [0.15, 0.2) is 0 Å². The summed E-state index contributed by atoms with van der Waals surface area (Å²) in [5, 5.41) is 2.83. The fourth-order valence-electron chi connectivity index (χ4n) is 2.87. The molecule has 0 aliphatic carbocycles. The molecule has 134 valence electrons. The van der Waals surface area contributed by atoms with E-state index in [1.54, 1.807) is 31.3 Å². The molecular weight excluding hydrogens is 330 g/mol. The summed E-state index contributed by atoms with van der Waals surface area (Å²) < 4.78 is 0. The molecule has 1 aliphatic rings. The maximum Gasteiger partial charge on any atom is 0.256 e. The molecule has 6 heteroatoms. The summed E-state index contributed by atoms with van der Waals surface area (Å²) >= 11 is 0. The minimum atomic E-state index is -0.281. The summed E-state index contributed by atoms with van der Waals surface area (Å²) in [6.07, 6.45) is 0. The van der Waals surface area contributed by atoms with E-state index in [4.69, 9.17) is 0 Å². The first-order valence-electron chi connectivity index (χ1n) is 8.43. The van der Waals surface area contributed by atoms with Crippen LogP contribution in [0.15, 0.2) is 48.5 Å². The number of para-hydroxylation sites is 1. The molecule has 0 saturated carbocycles. The van der Waals surface area contributed by atoms with Gasteiger partial charge >= 0.3 is 0 Å². The van der Waals surface area contributed by atoms with Crippen molar-refractivity contribution in [1.82, 2.24) is 10.2 Å². The Labute approximate surface area is 152 Å². The van der Waals surface area contributed by atoms with E-state index in [1.165, 1.54) is 9.80 Å². The summed E-state index contributed by atoms with van der Waals surface area (Å²) in [4.78, 5) is 40.1. The van der Waals surface area contributed by atoms with Crippen molar-refractivity contribution < 1.29 is 14.4 Å². The monoisotopic (exact) mass is 351 g/mol. The van der Waals surface area contributed by atoms with Gasteiger partial charge < -0.3 is 15.1 Å². The molecule has 1 heterocycles. The molecule has 3 amide bonds.